The van der Waals surface area contributed by atoms with Crippen molar-refractivity contribution in [1.29, 1.82) is 0 Å². The lowest BCUT2D eigenvalue weighted by atomic mass is 10.1. The van der Waals surface area contributed by atoms with Gasteiger partial charge in [-0.2, -0.15) is 4.98 Å². The van der Waals surface area contributed by atoms with E-state index < -0.39 is 0 Å². The lowest BCUT2D eigenvalue weighted by Crippen LogP contribution is -2.10. The van der Waals surface area contributed by atoms with Gasteiger partial charge in [-0.25, -0.2) is 4.98 Å². The van der Waals surface area contributed by atoms with Crippen LogP contribution in [-0.2, 0) is 11.3 Å². The van der Waals surface area contributed by atoms with Gasteiger partial charge in [-0.3, -0.25) is 0 Å². The summed E-state index contributed by atoms with van der Waals surface area (Å²) in [4.78, 5) is 9.29. The Hall–Kier alpha value is -3.12. The molecule has 0 saturated heterocycles. The first-order chi connectivity index (χ1) is 13.8. The maximum atomic E-state index is 5.20. The fourth-order valence-corrected chi connectivity index (χ4v) is 2.73. The van der Waals surface area contributed by atoms with Crippen LogP contribution in [0.4, 0.5) is 11.8 Å². The Morgan fingerprint density at radius 2 is 1.68 bits per heavy atom. The Labute approximate surface area is 166 Å². The van der Waals surface area contributed by atoms with Gasteiger partial charge in [-0.1, -0.05) is 42.5 Å². The highest BCUT2D eigenvalue weighted by Crippen LogP contribution is 2.22. The van der Waals surface area contributed by atoms with Crippen molar-refractivity contribution in [2.45, 2.75) is 13.0 Å². The quantitative estimate of drug-likeness (QED) is 0.515. The van der Waals surface area contributed by atoms with Crippen LogP contribution >= 0.6 is 0 Å². The largest absolute Gasteiger partial charge is 0.497 e. The van der Waals surface area contributed by atoms with Crippen molar-refractivity contribution < 1.29 is 9.47 Å². The van der Waals surface area contributed by atoms with E-state index in [1.165, 1.54) is 0 Å². The standard InChI is InChI=1S/C22H26N4O2/c1-27-14-6-13-23-21-15-20(18-7-4-3-5-8-18)25-22(26-21)24-16-17-9-11-19(28-2)12-10-17/h3-5,7-12,15H,6,13-14,16H2,1-2H3,(H2,23,24,25,26). The fourth-order valence-electron chi connectivity index (χ4n) is 2.73. The van der Waals surface area contributed by atoms with Crippen molar-refractivity contribution in [1.82, 2.24) is 9.97 Å². The second kappa shape index (κ2) is 10.3. The van der Waals surface area contributed by atoms with Crippen molar-refractivity contribution >= 4 is 11.8 Å². The summed E-state index contributed by atoms with van der Waals surface area (Å²) in [5.41, 5.74) is 3.06. The van der Waals surface area contributed by atoms with Gasteiger partial charge in [0.25, 0.3) is 0 Å². The van der Waals surface area contributed by atoms with E-state index in [-0.39, 0.29) is 0 Å². The molecule has 0 unspecified atom stereocenters. The summed E-state index contributed by atoms with van der Waals surface area (Å²) < 4.78 is 10.3. The number of ether oxygens (including phenoxy) is 2. The number of hydrogen-bond acceptors (Lipinski definition) is 6. The summed E-state index contributed by atoms with van der Waals surface area (Å²) in [6, 6.07) is 20.0. The molecular weight excluding hydrogens is 352 g/mol. The summed E-state index contributed by atoms with van der Waals surface area (Å²) in [5, 5.41) is 6.68. The van der Waals surface area contributed by atoms with Crippen LogP contribution in [0, 0.1) is 0 Å². The third kappa shape index (κ3) is 5.69. The van der Waals surface area contributed by atoms with Gasteiger partial charge in [0, 0.05) is 38.4 Å². The van der Waals surface area contributed by atoms with Crippen molar-refractivity contribution in [2.75, 3.05) is 38.0 Å². The number of benzene rings is 2. The van der Waals surface area contributed by atoms with Crippen LogP contribution in [0.5, 0.6) is 5.75 Å². The van der Waals surface area contributed by atoms with Crippen LogP contribution in [0.3, 0.4) is 0 Å². The first kappa shape index (κ1) is 19.6. The second-order valence-corrected chi connectivity index (χ2v) is 6.30. The van der Waals surface area contributed by atoms with Gasteiger partial charge in [-0.05, 0) is 24.1 Å². The molecule has 1 aromatic heterocycles. The molecule has 3 aromatic rings. The predicted octanol–water partition coefficient (Wildman–Crippen LogP) is 4.21. The van der Waals surface area contributed by atoms with E-state index in [1.807, 2.05) is 60.7 Å². The summed E-state index contributed by atoms with van der Waals surface area (Å²) in [7, 11) is 3.37. The Balaban J connectivity index is 1.75. The van der Waals surface area contributed by atoms with Gasteiger partial charge in [0.05, 0.1) is 12.8 Å². The van der Waals surface area contributed by atoms with Gasteiger partial charge in [0.15, 0.2) is 0 Å². The van der Waals surface area contributed by atoms with Crippen LogP contribution < -0.4 is 15.4 Å². The SMILES string of the molecule is COCCCNc1cc(-c2ccccc2)nc(NCc2ccc(OC)cc2)n1. The van der Waals surface area contributed by atoms with E-state index in [0.29, 0.717) is 19.1 Å². The molecule has 0 radical (unpaired) electrons. The van der Waals surface area contributed by atoms with E-state index in [4.69, 9.17) is 9.47 Å². The van der Waals surface area contributed by atoms with Crippen LogP contribution in [0.25, 0.3) is 11.3 Å². The topological polar surface area (TPSA) is 68.3 Å². The zero-order valence-electron chi connectivity index (χ0n) is 16.3. The first-order valence-electron chi connectivity index (χ1n) is 9.32. The third-order valence-corrected chi connectivity index (χ3v) is 4.24. The van der Waals surface area contributed by atoms with Crippen LogP contribution in [0.1, 0.15) is 12.0 Å². The predicted molar refractivity (Wildman–Crippen MR) is 113 cm³/mol. The van der Waals surface area contributed by atoms with Crippen molar-refractivity contribution in [3.05, 3.63) is 66.2 Å². The minimum atomic E-state index is 0.589. The molecule has 3 rings (SSSR count). The summed E-state index contributed by atoms with van der Waals surface area (Å²) in [5.74, 6) is 2.22. The molecule has 6 heteroatoms. The van der Waals surface area contributed by atoms with Crippen molar-refractivity contribution in [2.24, 2.45) is 0 Å². The highest BCUT2D eigenvalue weighted by atomic mass is 16.5. The van der Waals surface area contributed by atoms with Crippen LogP contribution in [0.15, 0.2) is 60.7 Å². The van der Waals surface area contributed by atoms with E-state index in [9.17, 15) is 0 Å². The maximum Gasteiger partial charge on any atom is 0.225 e. The number of methoxy groups -OCH3 is 2. The van der Waals surface area contributed by atoms with Gasteiger partial charge in [-0.15, -0.1) is 0 Å². The van der Waals surface area contributed by atoms with Crippen LogP contribution in [0.2, 0.25) is 0 Å². The number of anilines is 2. The molecule has 28 heavy (non-hydrogen) atoms. The Morgan fingerprint density at radius 3 is 2.39 bits per heavy atom. The molecule has 0 aliphatic carbocycles. The highest BCUT2D eigenvalue weighted by Gasteiger charge is 2.07. The number of rotatable bonds is 10. The molecule has 0 fully saturated rings. The molecular formula is C22H26N4O2. The van der Waals surface area contributed by atoms with Crippen LogP contribution in [-0.4, -0.2) is 37.3 Å². The Bertz CT molecular complexity index is 854. The number of aromatic nitrogens is 2. The molecule has 146 valence electrons. The Kier molecular flexibility index (Phi) is 7.21. The minimum absolute atomic E-state index is 0.589. The average Bonchev–Trinajstić information content (AvgIpc) is 2.76. The molecule has 0 bridgehead atoms. The average molecular weight is 378 g/mol. The summed E-state index contributed by atoms with van der Waals surface area (Å²) in [6.07, 6.45) is 0.912. The lowest BCUT2D eigenvalue weighted by molar-refractivity contribution is 0.198. The second-order valence-electron chi connectivity index (χ2n) is 6.30. The monoisotopic (exact) mass is 378 g/mol. The number of nitrogens with zero attached hydrogens (tertiary/aromatic N) is 2. The highest BCUT2D eigenvalue weighted by molar-refractivity contribution is 5.64. The zero-order chi connectivity index (χ0) is 19.6. The molecule has 0 atom stereocenters. The molecule has 0 saturated carbocycles. The molecule has 0 spiro atoms. The fraction of sp³-hybridized carbons (Fsp3) is 0.273. The van der Waals surface area contributed by atoms with E-state index in [0.717, 1.165) is 41.4 Å². The lowest BCUT2D eigenvalue weighted by Gasteiger charge is -2.12. The van der Waals surface area contributed by atoms with Gasteiger partial charge in [0.2, 0.25) is 5.95 Å². The number of hydrogen-bond donors (Lipinski definition) is 2. The zero-order valence-corrected chi connectivity index (χ0v) is 16.3. The third-order valence-electron chi connectivity index (χ3n) is 4.24. The molecule has 2 aromatic carbocycles. The summed E-state index contributed by atoms with van der Waals surface area (Å²) in [6.45, 7) is 2.13. The first-order valence-corrected chi connectivity index (χ1v) is 9.32. The maximum absolute atomic E-state index is 5.20. The van der Waals surface area contributed by atoms with Crippen molar-refractivity contribution in [3.8, 4) is 17.0 Å². The van der Waals surface area contributed by atoms with E-state index in [1.54, 1.807) is 14.2 Å². The molecule has 1 heterocycles. The minimum Gasteiger partial charge on any atom is -0.497 e. The molecule has 0 amide bonds. The van der Waals surface area contributed by atoms with Crippen molar-refractivity contribution in [3.63, 3.8) is 0 Å². The normalized spacial score (nSPS) is 10.5. The smallest absolute Gasteiger partial charge is 0.225 e. The summed E-state index contributed by atoms with van der Waals surface area (Å²) >= 11 is 0. The number of nitrogens with one attached hydrogen (secondary N) is 2. The molecule has 0 aliphatic heterocycles. The molecule has 0 aliphatic rings. The van der Waals surface area contributed by atoms with E-state index >= 15 is 0 Å². The van der Waals surface area contributed by atoms with Gasteiger partial charge in [0.1, 0.15) is 11.6 Å². The van der Waals surface area contributed by atoms with Gasteiger partial charge >= 0.3 is 0 Å². The Morgan fingerprint density at radius 1 is 0.893 bits per heavy atom. The van der Waals surface area contributed by atoms with E-state index in [2.05, 4.69) is 20.6 Å². The molecule has 2 N–H and O–H groups in total. The van der Waals surface area contributed by atoms with Gasteiger partial charge < -0.3 is 20.1 Å². The molecule has 6 nitrogen and oxygen atoms in total.